The van der Waals surface area contributed by atoms with Gasteiger partial charge in [0.05, 0.1) is 11.9 Å². The molecule has 0 aliphatic carbocycles. The van der Waals surface area contributed by atoms with E-state index in [0.29, 0.717) is 36.6 Å². The van der Waals surface area contributed by atoms with Gasteiger partial charge >= 0.3 is 0 Å². The maximum Gasteiger partial charge on any atom is 0.263 e. The summed E-state index contributed by atoms with van der Waals surface area (Å²) in [5.41, 5.74) is 4.08. The molecule has 0 saturated carbocycles. The van der Waals surface area contributed by atoms with Crippen molar-refractivity contribution < 1.29 is 13.2 Å². The van der Waals surface area contributed by atoms with Gasteiger partial charge in [0.2, 0.25) is 10.0 Å². The Morgan fingerprint density at radius 2 is 1.96 bits per heavy atom. The molecule has 148 valence electrons. The van der Waals surface area contributed by atoms with Gasteiger partial charge in [-0.25, -0.2) is 17.7 Å². The number of sulfonamides is 1. The van der Waals surface area contributed by atoms with E-state index in [4.69, 9.17) is 0 Å². The lowest BCUT2D eigenvalue weighted by Crippen LogP contribution is -2.33. The van der Waals surface area contributed by atoms with Crippen LogP contribution >= 0.6 is 11.3 Å². The fraction of sp³-hybridized carbons (Fsp3) is 0.474. The van der Waals surface area contributed by atoms with E-state index in [1.807, 2.05) is 32.9 Å². The molecule has 0 atom stereocenters. The minimum Gasteiger partial charge on any atom is -0.351 e. The van der Waals surface area contributed by atoms with Crippen molar-refractivity contribution >= 4 is 27.3 Å². The molecule has 0 bridgehead atoms. The predicted molar refractivity (Wildman–Crippen MR) is 111 cm³/mol. The molecule has 8 heteroatoms. The Bertz CT molecular complexity index is 920. The van der Waals surface area contributed by atoms with Crippen LogP contribution in [0.5, 0.6) is 0 Å². The van der Waals surface area contributed by atoms with Gasteiger partial charge in [-0.15, -0.1) is 11.3 Å². The molecule has 27 heavy (non-hydrogen) atoms. The van der Waals surface area contributed by atoms with E-state index in [9.17, 15) is 13.2 Å². The molecule has 0 aliphatic heterocycles. The Hall–Kier alpha value is -1.77. The molecule has 2 aromatic rings. The number of aromatic nitrogens is 1. The zero-order chi connectivity index (χ0) is 20.2. The van der Waals surface area contributed by atoms with Crippen molar-refractivity contribution in [2.24, 2.45) is 0 Å². The highest BCUT2D eigenvalue weighted by molar-refractivity contribution is 7.88. The molecule has 1 heterocycles. The Labute approximate surface area is 165 Å². The number of hydrogen-bond acceptors (Lipinski definition) is 5. The molecular weight excluding hydrogens is 382 g/mol. The molecule has 0 fully saturated rings. The molecule has 1 amide bonds. The molecule has 2 rings (SSSR count). The van der Waals surface area contributed by atoms with E-state index >= 15 is 0 Å². The highest BCUT2D eigenvalue weighted by Gasteiger charge is 2.18. The minimum absolute atomic E-state index is 0.164. The highest BCUT2D eigenvalue weighted by atomic mass is 32.2. The van der Waals surface area contributed by atoms with E-state index < -0.39 is 10.0 Å². The van der Waals surface area contributed by atoms with E-state index in [1.54, 1.807) is 6.92 Å². The summed E-state index contributed by atoms with van der Waals surface area (Å²) in [4.78, 5) is 17.7. The molecule has 0 saturated heterocycles. The third-order valence-electron chi connectivity index (χ3n) is 4.31. The number of carbonyl (C=O) groups is 1. The minimum atomic E-state index is -3.20. The van der Waals surface area contributed by atoms with Gasteiger partial charge in [0.1, 0.15) is 9.88 Å². The van der Waals surface area contributed by atoms with Crippen molar-refractivity contribution in [2.75, 3.05) is 25.9 Å². The van der Waals surface area contributed by atoms with E-state index in [-0.39, 0.29) is 5.91 Å². The second-order valence-corrected chi connectivity index (χ2v) is 9.60. The smallest absolute Gasteiger partial charge is 0.263 e. The number of aryl methyl sites for hydroxylation is 3. The largest absolute Gasteiger partial charge is 0.351 e. The Morgan fingerprint density at radius 1 is 1.26 bits per heavy atom. The van der Waals surface area contributed by atoms with Crippen molar-refractivity contribution in [1.29, 1.82) is 0 Å². The number of benzene rings is 1. The van der Waals surface area contributed by atoms with Crippen molar-refractivity contribution in [1.82, 2.24) is 14.6 Å². The third-order valence-corrected chi connectivity index (χ3v) is 6.88. The van der Waals surface area contributed by atoms with Gasteiger partial charge < -0.3 is 5.32 Å². The molecule has 0 aliphatic rings. The lowest BCUT2D eigenvalue weighted by atomic mass is 10.1. The fourth-order valence-corrected chi connectivity index (χ4v) is 4.87. The van der Waals surface area contributed by atoms with Crippen LogP contribution in [0.4, 0.5) is 0 Å². The van der Waals surface area contributed by atoms with Gasteiger partial charge in [-0.1, -0.05) is 30.7 Å². The number of nitrogens with zero attached hydrogens (tertiary/aromatic N) is 2. The number of rotatable bonds is 8. The number of amides is 1. The summed E-state index contributed by atoms with van der Waals surface area (Å²) >= 11 is 1.38. The van der Waals surface area contributed by atoms with Gasteiger partial charge in [0, 0.05) is 25.2 Å². The first-order valence-electron chi connectivity index (χ1n) is 8.91. The monoisotopic (exact) mass is 409 g/mol. The Balaban J connectivity index is 2.00. The standard InChI is InChI=1S/C19H27N3O3S2/c1-6-22(27(5,24)25)11-7-10-20-18(23)17-15(4)21-19(26-17)16-9-8-13(2)12-14(16)3/h8-9,12H,6-7,10-11H2,1-5H3,(H,20,23). The molecule has 0 spiro atoms. The molecule has 6 nitrogen and oxygen atoms in total. The summed E-state index contributed by atoms with van der Waals surface area (Å²) < 4.78 is 24.5. The maximum absolute atomic E-state index is 12.5. The Kier molecular flexibility index (Phi) is 7.13. The summed E-state index contributed by atoms with van der Waals surface area (Å²) in [6.45, 7) is 8.97. The Morgan fingerprint density at radius 3 is 2.56 bits per heavy atom. The van der Waals surface area contributed by atoms with E-state index in [2.05, 4.69) is 16.4 Å². The van der Waals surface area contributed by atoms with Gasteiger partial charge in [0.25, 0.3) is 5.91 Å². The van der Waals surface area contributed by atoms with Crippen LogP contribution < -0.4 is 5.32 Å². The number of hydrogen-bond donors (Lipinski definition) is 1. The van der Waals surface area contributed by atoms with Crippen molar-refractivity contribution in [3.8, 4) is 10.6 Å². The van der Waals surface area contributed by atoms with Gasteiger partial charge in [-0.05, 0) is 32.8 Å². The zero-order valence-electron chi connectivity index (χ0n) is 16.5. The van der Waals surface area contributed by atoms with Crippen LogP contribution in [0.2, 0.25) is 0 Å². The molecule has 0 unspecified atom stereocenters. The number of thiazole rings is 1. The maximum atomic E-state index is 12.5. The molecule has 1 aromatic heterocycles. The SMILES string of the molecule is CCN(CCCNC(=O)c1sc(-c2ccc(C)cc2C)nc1C)S(C)(=O)=O. The van der Waals surface area contributed by atoms with Crippen molar-refractivity contribution in [2.45, 2.75) is 34.1 Å². The lowest BCUT2D eigenvalue weighted by Gasteiger charge is -2.17. The first-order valence-corrected chi connectivity index (χ1v) is 11.6. The van der Waals surface area contributed by atoms with Crippen molar-refractivity contribution in [3.63, 3.8) is 0 Å². The molecule has 1 N–H and O–H groups in total. The second-order valence-electron chi connectivity index (χ2n) is 6.62. The van der Waals surface area contributed by atoms with Crippen LogP contribution in [0.1, 0.15) is 39.8 Å². The summed E-state index contributed by atoms with van der Waals surface area (Å²) in [6.07, 6.45) is 1.76. The van der Waals surface area contributed by atoms with E-state index in [1.165, 1.54) is 27.5 Å². The molecule has 1 aromatic carbocycles. The van der Waals surface area contributed by atoms with Gasteiger partial charge in [-0.2, -0.15) is 0 Å². The van der Waals surface area contributed by atoms with E-state index in [0.717, 1.165) is 16.1 Å². The van der Waals surface area contributed by atoms with Crippen LogP contribution in [-0.4, -0.2) is 49.5 Å². The number of carbonyl (C=O) groups excluding carboxylic acids is 1. The van der Waals surface area contributed by atoms with Crippen LogP contribution in [0.25, 0.3) is 10.6 Å². The van der Waals surface area contributed by atoms with Crippen LogP contribution in [0, 0.1) is 20.8 Å². The van der Waals surface area contributed by atoms with Crippen LogP contribution in [0.3, 0.4) is 0 Å². The van der Waals surface area contributed by atoms with Crippen LogP contribution in [0.15, 0.2) is 18.2 Å². The summed E-state index contributed by atoms with van der Waals surface area (Å²) in [5.74, 6) is -0.164. The summed E-state index contributed by atoms with van der Waals surface area (Å²) in [5, 5.41) is 3.71. The number of nitrogens with one attached hydrogen (secondary N) is 1. The average molecular weight is 410 g/mol. The quantitative estimate of drug-likeness (QED) is 0.679. The lowest BCUT2D eigenvalue weighted by molar-refractivity contribution is 0.0956. The highest BCUT2D eigenvalue weighted by Crippen LogP contribution is 2.30. The third kappa shape index (κ3) is 5.60. The summed E-state index contributed by atoms with van der Waals surface area (Å²) in [6, 6.07) is 6.18. The fourth-order valence-electron chi connectivity index (χ4n) is 2.87. The zero-order valence-corrected chi connectivity index (χ0v) is 18.1. The average Bonchev–Trinajstić information content (AvgIpc) is 2.95. The summed E-state index contributed by atoms with van der Waals surface area (Å²) in [7, 11) is -3.20. The first-order chi connectivity index (χ1) is 12.6. The van der Waals surface area contributed by atoms with Crippen molar-refractivity contribution in [3.05, 3.63) is 39.9 Å². The first kappa shape index (κ1) is 21.5. The van der Waals surface area contributed by atoms with Gasteiger partial charge in [0.15, 0.2) is 0 Å². The normalized spacial score (nSPS) is 11.8. The second kappa shape index (κ2) is 8.95. The van der Waals surface area contributed by atoms with Crippen LogP contribution in [-0.2, 0) is 10.0 Å². The molecule has 0 radical (unpaired) electrons. The topological polar surface area (TPSA) is 79.4 Å². The predicted octanol–water partition coefficient (Wildman–Crippen LogP) is 3.14. The van der Waals surface area contributed by atoms with Gasteiger partial charge in [-0.3, -0.25) is 4.79 Å². The molecular formula is C19H27N3O3S2.